The number of anilines is 3. The number of ether oxygens (including phenoxy) is 1. The smallest absolute Gasteiger partial charge is 0.230 e. The number of nitrogens with two attached hydrogens (primary N) is 2. The molecule has 28 heavy (non-hydrogen) atoms. The molecule has 0 radical (unpaired) electrons. The Hall–Kier alpha value is -2.94. The SMILES string of the molecule is CN(C)c1nc(N)nc(COc2cccc(NC(=O)C[C@@H]3CCC[C@H]3N)c2)n1. The van der Waals surface area contributed by atoms with E-state index in [9.17, 15) is 4.79 Å². The van der Waals surface area contributed by atoms with Gasteiger partial charge in [-0.1, -0.05) is 12.5 Å². The molecule has 0 spiro atoms. The Balaban J connectivity index is 1.58. The molecule has 1 aromatic carbocycles. The second-order valence-electron chi connectivity index (χ2n) is 7.23. The highest BCUT2D eigenvalue weighted by atomic mass is 16.5. The number of hydrogen-bond donors (Lipinski definition) is 3. The van der Waals surface area contributed by atoms with Gasteiger partial charge in [0.1, 0.15) is 12.4 Å². The molecule has 9 heteroatoms. The van der Waals surface area contributed by atoms with Gasteiger partial charge in [0.15, 0.2) is 5.82 Å². The molecular formula is C19H27N7O2. The lowest BCUT2D eigenvalue weighted by molar-refractivity contribution is -0.117. The monoisotopic (exact) mass is 385 g/mol. The van der Waals surface area contributed by atoms with Gasteiger partial charge in [0.25, 0.3) is 0 Å². The normalized spacial score (nSPS) is 18.7. The number of hydrogen-bond acceptors (Lipinski definition) is 8. The van der Waals surface area contributed by atoms with E-state index in [0.717, 1.165) is 19.3 Å². The molecule has 150 valence electrons. The van der Waals surface area contributed by atoms with Gasteiger partial charge in [-0.05, 0) is 30.9 Å². The van der Waals surface area contributed by atoms with Crippen molar-refractivity contribution in [1.82, 2.24) is 15.0 Å². The maximum absolute atomic E-state index is 12.3. The predicted octanol–water partition coefficient (Wildman–Crippen LogP) is 1.55. The lowest BCUT2D eigenvalue weighted by Gasteiger charge is -2.15. The van der Waals surface area contributed by atoms with Crippen LogP contribution in [0.25, 0.3) is 0 Å². The zero-order valence-corrected chi connectivity index (χ0v) is 16.3. The van der Waals surface area contributed by atoms with Crippen LogP contribution in [-0.2, 0) is 11.4 Å². The van der Waals surface area contributed by atoms with Crippen LogP contribution in [0, 0.1) is 5.92 Å². The van der Waals surface area contributed by atoms with Crippen LogP contribution in [-0.4, -0.2) is 41.0 Å². The van der Waals surface area contributed by atoms with Gasteiger partial charge < -0.3 is 26.4 Å². The molecule has 1 heterocycles. The summed E-state index contributed by atoms with van der Waals surface area (Å²) in [6, 6.07) is 7.34. The van der Waals surface area contributed by atoms with Crippen LogP contribution < -0.4 is 26.4 Å². The van der Waals surface area contributed by atoms with Gasteiger partial charge in [-0.2, -0.15) is 15.0 Å². The topological polar surface area (TPSA) is 132 Å². The number of carbonyl (C=O) groups excluding carboxylic acids is 1. The summed E-state index contributed by atoms with van der Waals surface area (Å²) in [5, 5.41) is 2.92. The van der Waals surface area contributed by atoms with Crippen molar-refractivity contribution >= 4 is 23.5 Å². The minimum atomic E-state index is -0.0274. The van der Waals surface area contributed by atoms with Crippen LogP contribution in [0.2, 0.25) is 0 Å². The molecule has 3 rings (SSSR count). The molecule has 2 aromatic rings. The number of amides is 1. The first-order valence-corrected chi connectivity index (χ1v) is 9.37. The van der Waals surface area contributed by atoms with Crippen LogP contribution in [0.15, 0.2) is 24.3 Å². The third-order valence-corrected chi connectivity index (χ3v) is 4.74. The molecule has 0 unspecified atom stereocenters. The largest absolute Gasteiger partial charge is 0.486 e. The van der Waals surface area contributed by atoms with E-state index in [2.05, 4.69) is 20.3 Å². The summed E-state index contributed by atoms with van der Waals surface area (Å²) in [7, 11) is 3.65. The summed E-state index contributed by atoms with van der Waals surface area (Å²) >= 11 is 0. The Morgan fingerprint density at radius 3 is 2.82 bits per heavy atom. The van der Waals surface area contributed by atoms with Crippen LogP contribution >= 0.6 is 0 Å². The predicted molar refractivity (Wildman–Crippen MR) is 108 cm³/mol. The Morgan fingerprint density at radius 2 is 2.11 bits per heavy atom. The number of nitrogen functional groups attached to an aromatic ring is 1. The highest BCUT2D eigenvalue weighted by Gasteiger charge is 2.26. The first-order chi connectivity index (χ1) is 13.4. The van der Waals surface area contributed by atoms with Gasteiger partial charge in [-0.25, -0.2) is 0 Å². The van der Waals surface area contributed by atoms with Gasteiger partial charge in [-0.3, -0.25) is 4.79 Å². The van der Waals surface area contributed by atoms with Crippen molar-refractivity contribution in [1.29, 1.82) is 0 Å². The molecule has 5 N–H and O–H groups in total. The zero-order valence-electron chi connectivity index (χ0n) is 16.3. The van der Waals surface area contributed by atoms with E-state index < -0.39 is 0 Å². The van der Waals surface area contributed by atoms with Crippen molar-refractivity contribution in [3.05, 3.63) is 30.1 Å². The maximum Gasteiger partial charge on any atom is 0.230 e. The second-order valence-corrected chi connectivity index (χ2v) is 7.23. The molecule has 1 amide bonds. The Morgan fingerprint density at radius 1 is 1.29 bits per heavy atom. The average molecular weight is 385 g/mol. The van der Waals surface area contributed by atoms with Gasteiger partial charge in [-0.15, -0.1) is 0 Å². The number of benzene rings is 1. The van der Waals surface area contributed by atoms with Crippen molar-refractivity contribution < 1.29 is 9.53 Å². The molecular weight excluding hydrogens is 358 g/mol. The van der Waals surface area contributed by atoms with Crippen molar-refractivity contribution in [2.45, 2.75) is 38.3 Å². The first kappa shape index (κ1) is 19.8. The van der Waals surface area contributed by atoms with E-state index in [1.54, 1.807) is 17.0 Å². The van der Waals surface area contributed by atoms with Crippen molar-refractivity contribution in [2.75, 3.05) is 30.0 Å². The minimum absolute atomic E-state index is 0.0274. The Labute approximate surface area is 164 Å². The first-order valence-electron chi connectivity index (χ1n) is 9.37. The molecule has 1 aromatic heterocycles. The molecule has 1 aliphatic rings. The Bertz CT molecular complexity index is 828. The molecule has 1 saturated carbocycles. The molecule has 1 aliphatic carbocycles. The number of aromatic nitrogens is 3. The number of carbonyl (C=O) groups is 1. The van der Waals surface area contributed by atoms with Gasteiger partial charge in [0.05, 0.1) is 0 Å². The lowest BCUT2D eigenvalue weighted by Crippen LogP contribution is -2.28. The Kier molecular flexibility index (Phi) is 6.25. The molecule has 0 bridgehead atoms. The minimum Gasteiger partial charge on any atom is -0.486 e. The fraction of sp³-hybridized carbons (Fsp3) is 0.474. The summed E-state index contributed by atoms with van der Waals surface area (Å²) in [6.45, 7) is 0.141. The number of rotatable bonds is 7. The summed E-state index contributed by atoms with van der Waals surface area (Å²) in [6.07, 6.45) is 3.56. The lowest BCUT2D eigenvalue weighted by atomic mass is 10.00. The van der Waals surface area contributed by atoms with Crippen molar-refractivity contribution in [3.63, 3.8) is 0 Å². The summed E-state index contributed by atoms with van der Waals surface area (Å²) < 4.78 is 5.76. The fourth-order valence-electron chi connectivity index (χ4n) is 3.27. The highest BCUT2D eigenvalue weighted by molar-refractivity contribution is 5.91. The van der Waals surface area contributed by atoms with Crippen molar-refractivity contribution in [2.24, 2.45) is 11.7 Å². The summed E-state index contributed by atoms with van der Waals surface area (Å²) in [4.78, 5) is 26.5. The third kappa shape index (κ3) is 5.29. The van der Waals surface area contributed by atoms with Gasteiger partial charge in [0.2, 0.25) is 17.8 Å². The maximum atomic E-state index is 12.3. The molecule has 2 atom stereocenters. The van der Waals surface area contributed by atoms with Gasteiger partial charge in [0, 0.05) is 38.3 Å². The third-order valence-electron chi connectivity index (χ3n) is 4.74. The standard InChI is InChI=1S/C19H27N7O2/c1-26(2)19-24-16(23-18(21)25-19)11-28-14-7-4-6-13(10-14)22-17(27)9-12-5-3-8-15(12)20/h4,6-7,10,12,15H,3,5,8-9,11,20H2,1-2H3,(H,22,27)(H2,21,23,24,25)/t12-,15+/m0/s1. The molecule has 1 fully saturated rings. The average Bonchev–Trinajstić information content (AvgIpc) is 3.04. The van der Waals surface area contributed by atoms with Crippen LogP contribution in [0.3, 0.4) is 0 Å². The van der Waals surface area contributed by atoms with Crippen molar-refractivity contribution in [3.8, 4) is 5.75 Å². The quantitative estimate of drug-likeness (QED) is 0.654. The fourth-order valence-corrected chi connectivity index (χ4v) is 3.27. The van der Waals surface area contributed by atoms with Crippen LogP contribution in [0.4, 0.5) is 17.6 Å². The summed E-state index contributed by atoms with van der Waals surface area (Å²) in [5.74, 6) is 1.88. The van der Waals surface area contributed by atoms with Crippen LogP contribution in [0.1, 0.15) is 31.5 Å². The number of nitrogens with zero attached hydrogens (tertiary/aromatic N) is 4. The number of nitrogens with one attached hydrogen (secondary N) is 1. The molecule has 0 aliphatic heterocycles. The van der Waals surface area contributed by atoms with E-state index in [4.69, 9.17) is 16.2 Å². The van der Waals surface area contributed by atoms with E-state index in [-0.39, 0.29) is 30.4 Å². The van der Waals surface area contributed by atoms with E-state index in [1.807, 2.05) is 26.2 Å². The summed E-state index contributed by atoms with van der Waals surface area (Å²) in [5.41, 5.74) is 12.5. The molecule has 9 nitrogen and oxygen atoms in total. The highest BCUT2D eigenvalue weighted by Crippen LogP contribution is 2.27. The van der Waals surface area contributed by atoms with Crippen LogP contribution in [0.5, 0.6) is 5.75 Å². The second kappa shape index (κ2) is 8.83. The zero-order chi connectivity index (χ0) is 20.1. The van der Waals surface area contributed by atoms with E-state index >= 15 is 0 Å². The van der Waals surface area contributed by atoms with E-state index in [0.29, 0.717) is 29.6 Å². The van der Waals surface area contributed by atoms with Gasteiger partial charge >= 0.3 is 0 Å². The van der Waals surface area contributed by atoms with E-state index in [1.165, 1.54) is 0 Å². The molecule has 0 saturated heterocycles.